The van der Waals surface area contributed by atoms with Crippen molar-refractivity contribution in [2.45, 2.75) is 65.1 Å². The predicted octanol–water partition coefficient (Wildman–Crippen LogP) is 3.75. The number of rotatable bonds is 8. The second kappa shape index (κ2) is 8.12. The minimum Gasteiger partial charge on any atom is -0.350 e. The largest absolute Gasteiger partial charge is 0.350 e. The van der Waals surface area contributed by atoms with E-state index in [9.17, 15) is 0 Å². The molecule has 2 heteroatoms. The van der Waals surface area contributed by atoms with E-state index in [1.165, 1.54) is 38.5 Å². The minimum absolute atomic E-state index is 0.0983. The van der Waals surface area contributed by atoms with Crippen molar-refractivity contribution >= 4 is 0 Å². The average molecular weight is 214 g/mol. The molecule has 1 unspecified atom stereocenters. The van der Waals surface area contributed by atoms with Gasteiger partial charge in [-0.15, -0.1) is 0 Å². The lowest BCUT2D eigenvalue weighted by atomic mass is 9.95. The number of ether oxygens (including phenoxy) is 2. The zero-order valence-electron chi connectivity index (χ0n) is 10.3. The molecule has 1 aliphatic rings. The van der Waals surface area contributed by atoms with Crippen LogP contribution in [0.3, 0.4) is 0 Å². The molecule has 0 radical (unpaired) electrons. The van der Waals surface area contributed by atoms with Crippen molar-refractivity contribution < 1.29 is 9.47 Å². The Morgan fingerprint density at radius 2 is 1.80 bits per heavy atom. The fourth-order valence-electron chi connectivity index (χ4n) is 2.16. The van der Waals surface area contributed by atoms with Crippen molar-refractivity contribution in [3.8, 4) is 0 Å². The molecule has 90 valence electrons. The molecule has 0 saturated carbocycles. The van der Waals surface area contributed by atoms with Gasteiger partial charge in [0, 0.05) is 6.42 Å². The van der Waals surface area contributed by atoms with Crippen molar-refractivity contribution in [3.63, 3.8) is 0 Å². The van der Waals surface area contributed by atoms with Crippen LogP contribution >= 0.6 is 0 Å². The summed E-state index contributed by atoms with van der Waals surface area (Å²) in [4.78, 5) is 0. The molecule has 0 spiro atoms. The maximum Gasteiger partial charge on any atom is 0.158 e. The summed E-state index contributed by atoms with van der Waals surface area (Å²) in [6.07, 6.45) is 9.27. The summed E-state index contributed by atoms with van der Waals surface area (Å²) in [5, 5.41) is 0. The van der Waals surface area contributed by atoms with Crippen LogP contribution < -0.4 is 0 Å². The lowest BCUT2D eigenvalue weighted by Gasteiger charge is -2.18. The summed E-state index contributed by atoms with van der Waals surface area (Å²) in [6.45, 7) is 6.12. The molecular weight excluding hydrogens is 188 g/mol. The molecule has 1 aliphatic heterocycles. The third kappa shape index (κ3) is 5.53. The number of hydrogen-bond donors (Lipinski definition) is 0. The van der Waals surface area contributed by atoms with Crippen LogP contribution in [0.5, 0.6) is 0 Å². The van der Waals surface area contributed by atoms with Gasteiger partial charge >= 0.3 is 0 Å². The summed E-state index contributed by atoms with van der Waals surface area (Å²) in [5.74, 6) is 0.796. The first kappa shape index (κ1) is 13.0. The monoisotopic (exact) mass is 214 g/mol. The van der Waals surface area contributed by atoms with Crippen LogP contribution in [0.25, 0.3) is 0 Å². The number of hydrogen-bond acceptors (Lipinski definition) is 2. The van der Waals surface area contributed by atoms with E-state index < -0.39 is 0 Å². The van der Waals surface area contributed by atoms with E-state index in [-0.39, 0.29) is 6.29 Å². The zero-order valence-corrected chi connectivity index (χ0v) is 10.3. The van der Waals surface area contributed by atoms with E-state index in [1.54, 1.807) is 0 Å². The lowest BCUT2D eigenvalue weighted by Crippen LogP contribution is -2.14. The molecule has 0 amide bonds. The second-order valence-corrected chi connectivity index (χ2v) is 4.53. The second-order valence-electron chi connectivity index (χ2n) is 4.53. The van der Waals surface area contributed by atoms with E-state index >= 15 is 0 Å². The topological polar surface area (TPSA) is 18.5 Å². The lowest BCUT2D eigenvalue weighted by molar-refractivity contribution is -0.0580. The highest BCUT2D eigenvalue weighted by atomic mass is 16.7. The van der Waals surface area contributed by atoms with Gasteiger partial charge in [-0.1, -0.05) is 52.4 Å². The Kier molecular flexibility index (Phi) is 7.03. The van der Waals surface area contributed by atoms with Gasteiger partial charge in [0.05, 0.1) is 13.2 Å². The Bertz CT molecular complexity index is 141. The van der Waals surface area contributed by atoms with E-state index in [4.69, 9.17) is 9.47 Å². The van der Waals surface area contributed by atoms with Gasteiger partial charge < -0.3 is 9.47 Å². The van der Waals surface area contributed by atoms with Crippen molar-refractivity contribution in [3.05, 3.63) is 0 Å². The quantitative estimate of drug-likeness (QED) is 0.573. The van der Waals surface area contributed by atoms with Crippen LogP contribution in [0.15, 0.2) is 0 Å². The molecule has 1 saturated heterocycles. The van der Waals surface area contributed by atoms with Gasteiger partial charge in [0.2, 0.25) is 0 Å². The maximum atomic E-state index is 5.49. The third-order valence-electron chi connectivity index (χ3n) is 3.26. The predicted molar refractivity (Wildman–Crippen MR) is 62.8 cm³/mol. The standard InChI is InChI=1S/C13H26O2/c1-3-5-6-7-8-12(4-2)11-13-14-9-10-15-13/h12-13H,3-11H2,1-2H3. The minimum atomic E-state index is 0.0983. The molecule has 1 heterocycles. The molecule has 1 rings (SSSR count). The van der Waals surface area contributed by atoms with E-state index in [0.717, 1.165) is 25.6 Å². The highest BCUT2D eigenvalue weighted by Gasteiger charge is 2.19. The molecule has 0 N–H and O–H groups in total. The zero-order chi connectivity index (χ0) is 10.9. The molecule has 0 aromatic heterocycles. The van der Waals surface area contributed by atoms with Crippen molar-refractivity contribution in [2.24, 2.45) is 5.92 Å². The van der Waals surface area contributed by atoms with Crippen LogP contribution in [0.1, 0.15) is 58.8 Å². The van der Waals surface area contributed by atoms with E-state index in [0.29, 0.717) is 0 Å². The Hall–Kier alpha value is -0.0800. The number of unbranched alkanes of at least 4 members (excludes halogenated alkanes) is 3. The van der Waals surface area contributed by atoms with Gasteiger partial charge in [0.25, 0.3) is 0 Å². The first-order valence-electron chi connectivity index (χ1n) is 6.60. The third-order valence-corrected chi connectivity index (χ3v) is 3.26. The van der Waals surface area contributed by atoms with Gasteiger partial charge in [-0.3, -0.25) is 0 Å². The molecule has 0 aliphatic carbocycles. The first-order valence-corrected chi connectivity index (χ1v) is 6.60. The van der Waals surface area contributed by atoms with Crippen molar-refractivity contribution in [1.82, 2.24) is 0 Å². The molecule has 0 aromatic carbocycles. The van der Waals surface area contributed by atoms with Gasteiger partial charge in [-0.25, -0.2) is 0 Å². The summed E-state index contributed by atoms with van der Waals surface area (Å²) in [5.41, 5.74) is 0. The van der Waals surface area contributed by atoms with Crippen molar-refractivity contribution in [2.75, 3.05) is 13.2 Å². The van der Waals surface area contributed by atoms with Crippen LogP contribution in [0.4, 0.5) is 0 Å². The maximum absolute atomic E-state index is 5.49. The van der Waals surface area contributed by atoms with Crippen LogP contribution in [0.2, 0.25) is 0 Å². The molecule has 1 atom stereocenters. The van der Waals surface area contributed by atoms with Gasteiger partial charge in [-0.2, -0.15) is 0 Å². The smallest absolute Gasteiger partial charge is 0.158 e. The first-order chi connectivity index (χ1) is 7.36. The molecule has 0 aromatic rings. The Labute approximate surface area is 94.3 Å². The molecule has 2 nitrogen and oxygen atoms in total. The van der Waals surface area contributed by atoms with Crippen LogP contribution in [-0.2, 0) is 9.47 Å². The van der Waals surface area contributed by atoms with Crippen molar-refractivity contribution in [1.29, 1.82) is 0 Å². The van der Waals surface area contributed by atoms with Gasteiger partial charge in [0.15, 0.2) is 6.29 Å². The Morgan fingerprint density at radius 1 is 1.07 bits per heavy atom. The SMILES string of the molecule is CCCCCCC(CC)CC1OCCO1. The summed E-state index contributed by atoms with van der Waals surface area (Å²) in [6, 6.07) is 0. The highest BCUT2D eigenvalue weighted by molar-refractivity contribution is 4.63. The average Bonchev–Trinajstić information content (AvgIpc) is 2.75. The van der Waals surface area contributed by atoms with Crippen LogP contribution in [-0.4, -0.2) is 19.5 Å². The summed E-state index contributed by atoms with van der Waals surface area (Å²) >= 11 is 0. The Balaban J connectivity index is 2.06. The molecule has 0 bridgehead atoms. The van der Waals surface area contributed by atoms with E-state index in [1.807, 2.05) is 0 Å². The van der Waals surface area contributed by atoms with Crippen LogP contribution in [0, 0.1) is 5.92 Å². The normalized spacial score (nSPS) is 19.6. The van der Waals surface area contributed by atoms with E-state index in [2.05, 4.69) is 13.8 Å². The summed E-state index contributed by atoms with van der Waals surface area (Å²) in [7, 11) is 0. The fraction of sp³-hybridized carbons (Fsp3) is 1.00. The molecule has 15 heavy (non-hydrogen) atoms. The van der Waals surface area contributed by atoms with Gasteiger partial charge in [0.1, 0.15) is 0 Å². The Morgan fingerprint density at radius 3 is 2.40 bits per heavy atom. The molecular formula is C13H26O2. The summed E-state index contributed by atoms with van der Waals surface area (Å²) < 4.78 is 11.0. The molecule has 1 fully saturated rings. The highest BCUT2D eigenvalue weighted by Crippen LogP contribution is 2.22. The van der Waals surface area contributed by atoms with Gasteiger partial charge in [-0.05, 0) is 5.92 Å². The fourth-order valence-corrected chi connectivity index (χ4v) is 2.16.